The van der Waals surface area contributed by atoms with Gasteiger partial charge in [0.25, 0.3) is 5.91 Å². The Labute approximate surface area is 204 Å². The van der Waals surface area contributed by atoms with E-state index in [1.807, 2.05) is 60.4 Å². The van der Waals surface area contributed by atoms with Crippen LogP contribution in [0.3, 0.4) is 0 Å². The number of nitrogens with one attached hydrogen (secondary N) is 1. The fourth-order valence-corrected chi connectivity index (χ4v) is 4.62. The molecule has 1 saturated heterocycles. The van der Waals surface area contributed by atoms with Crippen LogP contribution < -0.4 is 5.32 Å². The Bertz CT molecular complexity index is 1310. The van der Waals surface area contributed by atoms with Crippen molar-refractivity contribution in [2.24, 2.45) is 11.8 Å². The van der Waals surface area contributed by atoms with Crippen LogP contribution in [0.5, 0.6) is 0 Å². The molecule has 3 heterocycles. The van der Waals surface area contributed by atoms with Crippen LogP contribution in [0.4, 0.5) is 0 Å². The van der Waals surface area contributed by atoms with Gasteiger partial charge in [0, 0.05) is 49.1 Å². The average molecular weight is 469 g/mol. The van der Waals surface area contributed by atoms with E-state index in [2.05, 4.69) is 15.3 Å². The van der Waals surface area contributed by atoms with Crippen molar-refractivity contribution in [3.05, 3.63) is 84.2 Å². The van der Waals surface area contributed by atoms with Crippen molar-refractivity contribution in [2.75, 3.05) is 13.1 Å². The lowest BCUT2D eigenvalue weighted by Gasteiger charge is -2.34. The Morgan fingerprint density at radius 3 is 2.63 bits per heavy atom. The van der Waals surface area contributed by atoms with Crippen LogP contribution in [0.2, 0.25) is 0 Å². The molecule has 0 unspecified atom stereocenters. The molecule has 0 saturated carbocycles. The van der Waals surface area contributed by atoms with Gasteiger partial charge in [-0.2, -0.15) is 0 Å². The molecule has 1 N–H and O–H groups in total. The molecule has 2 aromatic heterocycles. The molecule has 0 aliphatic carbocycles. The molecule has 2 aromatic carbocycles. The van der Waals surface area contributed by atoms with E-state index < -0.39 is 0 Å². The number of nitrogens with zero attached hydrogens (tertiary/aromatic N) is 3. The maximum Gasteiger partial charge on any atom is 0.253 e. The first-order chi connectivity index (χ1) is 17.1. The van der Waals surface area contributed by atoms with Gasteiger partial charge in [0.1, 0.15) is 5.52 Å². The number of rotatable bonds is 6. The Hall–Kier alpha value is -4.00. The number of oxazole rings is 1. The summed E-state index contributed by atoms with van der Waals surface area (Å²) in [5.74, 6) is 0.723. The summed E-state index contributed by atoms with van der Waals surface area (Å²) in [4.78, 5) is 36.4. The van der Waals surface area contributed by atoms with E-state index >= 15 is 0 Å². The van der Waals surface area contributed by atoms with Crippen LogP contribution >= 0.6 is 0 Å². The van der Waals surface area contributed by atoms with Crippen LogP contribution in [0.1, 0.15) is 35.7 Å². The maximum atomic E-state index is 13.2. The maximum absolute atomic E-state index is 13.2. The first-order valence-corrected chi connectivity index (χ1v) is 12.0. The number of pyridine rings is 1. The zero-order valence-electron chi connectivity index (χ0n) is 19.7. The summed E-state index contributed by atoms with van der Waals surface area (Å²) in [5.41, 5.74) is 3.81. The number of carbonyl (C=O) groups is 2. The van der Waals surface area contributed by atoms with E-state index in [0.717, 1.165) is 24.0 Å². The van der Waals surface area contributed by atoms with Gasteiger partial charge in [-0.1, -0.05) is 31.2 Å². The van der Waals surface area contributed by atoms with Gasteiger partial charge < -0.3 is 14.6 Å². The zero-order chi connectivity index (χ0) is 24.2. The largest absolute Gasteiger partial charge is 0.436 e. The zero-order valence-corrected chi connectivity index (χ0v) is 19.7. The van der Waals surface area contributed by atoms with Gasteiger partial charge in [-0.05, 0) is 60.7 Å². The molecule has 7 heteroatoms. The highest BCUT2D eigenvalue weighted by atomic mass is 16.3. The fourth-order valence-electron chi connectivity index (χ4n) is 4.62. The number of aromatic nitrogens is 2. The molecule has 1 fully saturated rings. The monoisotopic (exact) mass is 468 g/mol. The predicted molar refractivity (Wildman–Crippen MR) is 133 cm³/mol. The third-order valence-corrected chi connectivity index (χ3v) is 6.79. The number of hydrogen-bond donors (Lipinski definition) is 1. The van der Waals surface area contributed by atoms with Gasteiger partial charge in [-0.3, -0.25) is 14.6 Å². The molecule has 0 spiro atoms. The lowest BCUT2D eigenvalue weighted by Crippen LogP contribution is -2.42. The lowest BCUT2D eigenvalue weighted by atomic mass is 9.84. The van der Waals surface area contributed by atoms with Crippen molar-refractivity contribution in [1.82, 2.24) is 20.2 Å². The van der Waals surface area contributed by atoms with Crippen LogP contribution in [-0.2, 0) is 11.3 Å². The summed E-state index contributed by atoms with van der Waals surface area (Å²) in [6, 6.07) is 18.9. The van der Waals surface area contributed by atoms with Gasteiger partial charge in [0.05, 0.1) is 0 Å². The summed E-state index contributed by atoms with van der Waals surface area (Å²) >= 11 is 0. The number of hydrogen-bond acceptors (Lipinski definition) is 5. The summed E-state index contributed by atoms with van der Waals surface area (Å²) in [6.07, 6.45) is 5.08. The molecule has 7 nitrogen and oxygen atoms in total. The van der Waals surface area contributed by atoms with E-state index in [0.29, 0.717) is 42.2 Å². The minimum atomic E-state index is -0.105. The second-order valence-corrected chi connectivity index (χ2v) is 9.06. The van der Waals surface area contributed by atoms with E-state index in [4.69, 9.17) is 4.42 Å². The molecule has 0 radical (unpaired) electrons. The lowest BCUT2D eigenvalue weighted by molar-refractivity contribution is -0.126. The Morgan fingerprint density at radius 2 is 1.89 bits per heavy atom. The molecule has 4 aromatic rings. The van der Waals surface area contributed by atoms with Crippen molar-refractivity contribution in [1.29, 1.82) is 0 Å². The third kappa shape index (κ3) is 5.09. The number of carbonyl (C=O) groups excluding carboxylic acids is 2. The third-order valence-electron chi connectivity index (χ3n) is 6.79. The number of benzene rings is 2. The molecule has 178 valence electrons. The molecule has 2 amide bonds. The molecule has 1 aliphatic rings. The number of likely N-dealkylation sites (tertiary alicyclic amines) is 1. The van der Waals surface area contributed by atoms with Crippen LogP contribution in [0, 0.1) is 11.8 Å². The molecule has 5 rings (SSSR count). The summed E-state index contributed by atoms with van der Waals surface area (Å²) < 4.78 is 5.87. The van der Waals surface area contributed by atoms with Gasteiger partial charge in [0.15, 0.2) is 5.58 Å². The number of piperidine rings is 1. The first-order valence-electron chi connectivity index (χ1n) is 12.0. The molecular formula is C28H28N4O3. The highest BCUT2D eigenvalue weighted by Crippen LogP contribution is 2.28. The second kappa shape index (κ2) is 10.1. The highest BCUT2D eigenvalue weighted by Gasteiger charge is 2.30. The van der Waals surface area contributed by atoms with Gasteiger partial charge >= 0.3 is 0 Å². The number of amides is 2. The van der Waals surface area contributed by atoms with Crippen molar-refractivity contribution in [3.8, 4) is 11.5 Å². The standard InChI is InChI=1S/C28H28N4O3/c1-19(26(33)30-18-20-6-5-13-29-17-20)21-11-14-32(15-12-21)28(34)23-9-10-25-24(16-23)31-27(35-25)22-7-3-2-4-8-22/h2-10,13,16-17,19,21H,11-12,14-15,18H2,1H3,(H,30,33)/t19-/m0/s1. The summed E-state index contributed by atoms with van der Waals surface area (Å²) in [5, 5.41) is 3.01. The van der Waals surface area contributed by atoms with Crippen molar-refractivity contribution >= 4 is 22.9 Å². The Kier molecular flexibility index (Phi) is 6.57. The second-order valence-electron chi connectivity index (χ2n) is 9.06. The summed E-state index contributed by atoms with van der Waals surface area (Å²) in [7, 11) is 0. The fraction of sp³-hybridized carbons (Fsp3) is 0.286. The summed E-state index contributed by atoms with van der Waals surface area (Å²) in [6.45, 7) is 3.72. The minimum Gasteiger partial charge on any atom is -0.436 e. The quantitative estimate of drug-likeness (QED) is 0.443. The predicted octanol–water partition coefficient (Wildman–Crippen LogP) is 4.69. The smallest absolute Gasteiger partial charge is 0.253 e. The van der Waals surface area contributed by atoms with Crippen molar-refractivity contribution in [2.45, 2.75) is 26.3 Å². The van der Waals surface area contributed by atoms with Gasteiger partial charge in [-0.15, -0.1) is 0 Å². The minimum absolute atomic E-state index is 0.0108. The SMILES string of the molecule is C[C@H](C(=O)NCc1cccnc1)C1CCN(C(=O)c2ccc3oc(-c4ccccc4)nc3c2)CC1. The van der Waals surface area contributed by atoms with Crippen LogP contribution in [-0.4, -0.2) is 39.8 Å². The van der Waals surface area contributed by atoms with Crippen molar-refractivity contribution in [3.63, 3.8) is 0 Å². The van der Waals surface area contributed by atoms with Gasteiger partial charge in [0.2, 0.25) is 11.8 Å². The van der Waals surface area contributed by atoms with Crippen molar-refractivity contribution < 1.29 is 14.0 Å². The normalized spacial score (nSPS) is 15.2. The highest BCUT2D eigenvalue weighted by molar-refractivity contribution is 5.97. The number of fused-ring (bicyclic) bond motifs is 1. The van der Waals surface area contributed by atoms with Crippen LogP contribution in [0.25, 0.3) is 22.6 Å². The van der Waals surface area contributed by atoms with E-state index in [9.17, 15) is 9.59 Å². The van der Waals surface area contributed by atoms with Crippen LogP contribution in [0.15, 0.2) is 77.5 Å². The molecule has 1 atom stereocenters. The molecule has 35 heavy (non-hydrogen) atoms. The first kappa shape index (κ1) is 22.8. The molecule has 0 bridgehead atoms. The van der Waals surface area contributed by atoms with E-state index in [-0.39, 0.29) is 23.7 Å². The van der Waals surface area contributed by atoms with E-state index in [1.165, 1.54) is 0 Å². The van der Waals surface area contributed by atoms with E-state index in [1.54, 1.807) is 24.5 Å². The van der Waals surface area contributed by atoms with Gasteiger partial charge in [-0.25, -0.2) is 4.98 Å². The Morgan fingerprint density at radius 1 is 1.09 bits per heavy atom. The topological polar surface area (TPSA) is 88.3 Å². The molecular weight excluding hydrogens is 440 g/mol. The Balaban J connectivity index is 1.18. The molecule has 1 aliphatic heterocycles. The average Bonchev–Trinajstić information content (AvgIpc) is 3.36.